The van der Waals surface area contributed by atoms with Gasteiger partial charge >= 0.3 is 0 Å². The molecule has 0 bridgehead atoms. The number of hydrogen-bond acceptors (Lipinski definition) is 4. The van der Waals surface area contributed by atoms with Gasteiger partial charge in [0.1, 0.15) is 17.5 Å². The summed E-state index contributed by atoms with van der Waals surface area (Å²) >= 11 is 0. The normalized spacial score (nSPS) is 11.9. The molecule has 1 aromatic rings. The van der Waals surface area contributed by atoms with Crippen LogP contribution in [0.3, 0.4) is 0 Å². The van der Waals surface area contributed by atoms with E-state index in [0.29, 0.717) is 17.1 Å². The highest BCUT2D eigenvalue weighted by Crippen LogP contribution is 2.32. The van der Waals surface area contributed by atoms with Gasteiger partial charge in [-0.3, -0.25) is 4.79 Å². The smallest absolute Gasteiger partial charge is 0.243 e. The molecule has 1 amide bonds. The topological polar surface area (TPSA) is 64.8 Å². The van der Waals surface area contributed by atoms with Gasteiger partial charge in [-0.05, 0) is 18.6 Å². The molecule has 1 rings (SSSR count). The van der Waals surface area contributed by atoms with Gasteiger partial charge in [-0.25, -0.2) is 0 Å². The molecule has 1 aromatic carbocycles. The first-order chi connectivity index (χ1) is 8.42. The first-order valence-electron chi connectivity index (χ1n) is 5.61. The molecule has 0 aliphatic heterocycles. The molecule has 5 heteroatoms. The van der Waals surface area contributed by atoms with Crippen molar-refractivity contribution >= 4 is 5.91 Å². The zero-order valence-electron chi connectivity index (χ0n) is 11.5. The van der Waals surface area contributed by atoms with Gasteiger partial charge in [0.25, 0.3) is 0 Å². The number of likely N-dealkylation sites (N-methyl/N-ethyl adjacent to an activating group) is 1. The van der Waals surface area contributed by atoms with Gasteiger partial charge in [-0.15, -0.1) is 0 Å². The Morgan fingerprint density at radius 2 is 1.89 bits per heavy atom. The summed E-state index contributed by atoms with van der Waals surface area (Å²) in [4.78, 5) is 13.4. The van der Waals surface area contributed by atoms with Crippen molar-refractivity contribution in [3.8, 4) is 11.5 Å². The third-order valence-corrected chi connectivity index (χ3v) is 2.80. The Kier molecular flexibility index (Phi) is 4.55. The first-order valence-corrected chi connectivity index (χ1v) is 5.61. The minimum absolute atomic E-state index is 0.165. The molecule has 1 atom stereocenters. The maximum absolute atomic E-state index is 11.9. The van der Waals surface area contributed by atoms with Crippen LogP contribution in [0.4, 0.5) is 0 Å². The summed E-state index contributed by atoms with van der Waals surface area (Å²) in [6.07, 6.45) is 0. The summed E-state index contributed by atoms with van der Waals surface area (Å²) < 4.78 is 10.5. The zero-order chi connectivity index (χ0) is 13.9. The van der Waals surface area contributed by atoms with Crippen molar-refractivity contribution in [3.05, 3.63) is 23.3 Å². The van der Waals surface area contributed by atoms with Crippen LogP contribution in [0, 0.1) is 6.92 Å². The predicted octanol–water partition coefficient (Wildman–Crippen LogP) is 1.10. The number of methoxy groups -OCH3 is 2. The van der Waals surface area contributed by atoms with Gasteiger partial charge in [0, 0.05) is 25.7 Å². The van der Waals surface area contributed by atoms with Crippen LogP contribution in [-0.2, 0) is 4.79 Å². The first kappa shape index (κ1) is 14.3. The number of amides is 1. The van der Waals surface area contributed by atoms with Crippen molar-refractivity contribution in [3.63, 3.8) is 0 Å². The molecule has 2 N–H and O–H groups in total. The van der Waals surface area contributed by atoms with E-state index in [1.54, 1.807) is 34.4 Å². The Hall–Kier alpha value is -1.75. The van der Waals surface area contributed by atoms with E-state index in [1.165, 1.54) is 4.90 Å². The number of hydrogen-bond donors (Lipinski definition) is 1. The number of rotatable bonds is 4. The van der Waals surface area contributed by atoms with Crippen molar-refractivity contribution in [2.24, 2.45) is 5.73 Å². The van der Waals surface area contributed by atoms with E-state index >= 15 is 0 Å². The highest BCUT2D eigenvalue weighted by molar-refractivity contribution is 5.84. The van der Waals surface area contributed by atoms with Crippen LogP contribution in [0.5, 0.6) is 11.5 Å². The molecule has 0 spiro atoms. The summed E-state index contributed by atoms with van der Waals surface area (Å²) in [7, 11) is 6.48. The maximum Gasteiger partial charge on any atom is 0.243 e. The lowest BCUT2D eigenvalue weighted by molar-refractivity contribution is -0.130. The monoisotopic (exact) mass is 252 g/mol. The Labute approximate surface area is 107 Å². The second-order valence-corrected chi connectivity index (χ2v) is 4.27. The predicted molar refractivity (Wildman–Crippen MR) is 69.9 cm³/mol. The van der Waals surface area contributed by atoms with Gasteiger partial charge < -0.3 is 20.1 Å². The number of nitrogens with two attached hydrogens (primary N) is 1. The van der Waals surface area contributed by atoms with Gasteiger partial charge in [0.15, 0.2) is 0 Å². The number of ether oxygens (including phenoxy) is 2. The zero-order valence-corrected chi connectivity index (χ0v) is 11.5. The molecular weight excluding hydrogens is 232 g/mol. The molecule has 0 aliphatic rings. The number of carbonyl (C=O) groups excluding carboxylic acids is 1. The van der Waals surface area contributed by atoms with Crippen LogP contribution in [0.2, 0.25) is 0 Å². The summed E-state index contributed by atoms with van der Waals surface area (Å²) in [6.45, 7) is 1.88. The third-order valence-electron chi connectivity index (χ3n) is 2.80. The van der Waals surface area contributed by atoms with Crippen LogP contribution >= 0.6 is 0 Å². The Morgan fingerprint density at radius 1 is 1.28 bits per heavy atom. The van der Waals surface area contributed by atoms with Crippen LogP contribution in [0.25, 0.3) is 0 Å². The highest BCUT2D eigenvalue weighted by atomic mass is 16.5. The fraction of sp³-hybridized carbons (Fsp3) is 0.462. The average Bonchev–Trinajstić information content (AvgIpc) is 2.35. The summed E-state index contributed by atoms with van der Waals surface area (Å²) in [5.41, 5.74) is 7.56. The Bertz CT molecular complexity index is 444. The van der Waals surface area contributed by atoms with Gasteiger partial charge in [-0.1, -0.05) is 0 Å². The molecule has 5 nitrogen and oxygen atoms in total. The molecule has 0 saturated heterocycles. The average molecular weight is 252 g/mol. The fourth-order valence-corrected chi connectivity index (χ4v) is 1.82. The molecule has 100 valence electrons. The maximum atomic E-state index is 11.9. The second-order valence-electron chi connectivity index (χ2n) is 4.27. The summed E-state index contributed by atoms with van der Waals surface area (Å²) in [6, 6.07) is 2.83. The van der Waals surface area contributed by atoms with E-state index in [4.69, 9.17) is 15.2 Å². The second kappa shape index (κ2) is 5.73. The lowest BCUT2D eigenvalue weighted by atomic mass is 9.99. The molecule has 18 heavy (non-hydrogen) atoms. The standard InChI is InChI=1S/C13H20N2O3/c1-8-6-9(17-4)7-10(18-5)11(8)12(14)13(16)15(2)3/h6-7,12H,14H2,1-5H3. The van der Waals surface area contributed by atoms with Crippen molar-refractivity contribution in [1.82, 2.24) is 4.90 Å². The lowest BCUT2D eigenvalue weighted by Gasteiger charge is -2.21. The van der Waals surface area contributed by atoms with Crippen LogP contribution in [0.15, 0.2) is 12.1 Å². The number of nitrogens with zero attached hydrogens (tertiary/aromatic N) is 1. The van der Waals surface area contributed by atoms with Crippen LogP contribution in [-0.4, -0.2) is 39.1 Å². The summed E-state index contributed by atoms with van der Waals surface area (Å²) in [5, 5.41) is 0. The molecule has 0 fully saturated rings. The highest BCUT2D eigenvalue weighted by Gasteiger charge is 2.23. The minimum atomic E-state index is -0.735. The SMILES string of the molecule is COc1cc(C)c(C(N)C(=O)N(C)C)c(OC)c1. The molecular formula is C13H20N2O3. The molecule has 0 aliphatic carbocycles. The lowest BCUT2D eigenvalue weighted by Crippen LogP contribution is -2.33. The Morgan fingerprint density at radius 3 is 2.33 bits per heavy atom. The van der Waals surface area contributed by atoms with E-state index in [-0.39, 0.29) is 5.91 Å². The molecule has 0 heterocycles. The molecule has 1 unspecified atom stereocenters. The fourth-order valence-electron chi connectivity index (χ4n) is 1.82. The molecule has 0 aromatic heterocycles. The van der Waals surface area contributed by atoms with E-state index in [2.05, 4.69) is 0 Å². The third kappa shape index (κ3) is 2.73. The van der Waals surface area contributed by atoms with Crippen molar-refractivity contribution in [2.75, 3.05) is 28.3 Å². The van der Waals surface area contributed by atoms with E-state index in [0.717, 1.165) is 5.56 Å². The van der Waals surface area contributed by atoms with Gasteiger partial charge in [0.05, 0.1) is 14.2 Å². The minimum Gasteiger partial charge on any atom is -0.497 e. The van der Waals surface area contributed by atoms with Crippen molar-refractivity contribution < 1.29 is 14.3 Å². The van der Waals surface area contributed by atoms with Gasteiger partial charge in [0.2, 0.25) is 5.91 Å². The van der Waals surface area contributed by atoms with Gasteiger partial charge in [-0.2, -0.15) is 0 Å². The molecule has 0 radical (unpaired) electrons. The van der Waals surface area contributed by atoms with Crippen LogP contribution in [0.1, 0.15) is 17.2 Å². The quantitative estimate of drug-likeness (QED) is 0.871. The Balaban J connectivity index is 3.27. The van der Waals surface area contributed by atoms with E-state index < -0.39 is 6.04 Å². The van der Waals surface area contributed by atoms with E-state index in [1.807, 2.05) is 13.0 Å². The number of aryl methyl sites for hydroxylation is 1. The molecule has 0 saturated carbocycles. The summed E-state index contributed by atoms with van der Waals surface area (Å²) in [5.74, 6) is 1.08. The van der Waals surface area contributed by atoms with Crippen LogP contribution < -0.4 is 15.2 Å². The number of benzene rings is 1. The van der Waals surface area contributed by atoms with E-state index in [9.17, 15) is 4.79 Å². The largest absolute Gasteiger partial charge is 0.497 e. The van der Waals surface area contributed by atoms with Crippen molar-refractivity contribution in [1.29, 1.82) is 0 Å². The van der Waals surface area contributed by atoms with Crippen molar-refractivity contribution in [2.45, 2.75) is 13.0 Å². The number of carbonyl (C=O) groups is 1.